The Bertz CT molecular complexity index is 280. The first-order valence-electron chi connectivity index (χ1n) is 5.65. The summed E-state index contributed by atoms with van der Waals surface area (Å²) in [6, 6.07) is 3.78. The number of pyridine rings is 1. The maximum Gasteiger partial charge on any atom is 0.0642 e. The number of nitrogens with two attached hydrogens (primary N) is 1. The topological polar surface area (TPSA) is 68.4 Å². The van der Waals surface area contributed by atoms with Crippen LogP contribution in [0.25, 0.3) is 0 Å². The zero-order valence-corrected chi connectivity index (χ0v) is 9.67. The largest absolute Gasteiger partial charge is 0.392 e. The van der Waals surface area contributed by atoms with E-state index < -0.39 is 6.10 Å². The quantitative estimate of drug-likeness (QED) is 0.676. The predicted molar refractivity (Wildman–Crippen MR) is 63.1 cm³/mol. The van der Waals surface area contributed by atoms with Crippen LogP contribution in [0.3, 0.4) is 0 Å². The van der Waals surface area contributed by atoms with Crippen LogP contribution < -0.4 is 5.73 Å². The summed E-state index contributed by atoms with van der Waals surface area (Å²) in [6.07, 6.45) is 3.58. The molecule has 4 nitrogen and oxygen atoms in total. The first kappa shape index (κ1) is 13.1. The first-order valence-corrected chi connectivity index (χ1v) is 5.65. The maximum absolute atomic E-state index is 10.0. The van der Waals surface area contributed by atoms with Crippen molar-refractivity contribution in [3.05, 3.63) is 30.1 Å². The highest BCUT2D eigenvalue weighted by atomic mass is 16.5. The Morgan fingerprint density at radius 3 is 2.69 bits per heavy atom. The fourth-order valence-electron chi connectivity index (χ4n) is 1.68. The van der Waals surface area contributed by atoms with Crippen molar-refractivity contribution in [3.63, 3.8) is 0 Å². The molecule has 1 aromatic heterocycles. The van der Waals surface area contributed by atoms with E-state index in [0.29, 0.717) is 26.2 Å². The molecule has 0 saturated carbocycles. The van der Waals surface area contributed by atoms with Gasteiger partial charge in [-0.1, -0.05) is 0 Å². The Morgan fingerprint density at radius 2 is 2.12 bits per heavy atom. The summed E-state index contributed by atoms with van der Waals surface area (Å²) in [4.78, 5) is 3.95. The van der Waals surface area contributed by atoms with Crippen molar-refractivity contribution in [1.82, 2.24) is 4.98 Å². The number of nitrogens with zero attached hydrogens (tertiary/aromatic N) is 1. The van der Waals surface area contributed by atoms with Gasteiger partial charge < -0.3 is 15.6 Å². The molecule has 1 aromatic rings. The highest BCUT2D eigenvalue weighted by Crippen LogP contribution is 2.19. The number of hydrogen-bond acceptors (Lipinski definition) is 4. The standard InChI is InChI=1S/C12H20N2O2/c1-2-16-8-5-12(15)11(9-13)10-3-6-14-7-4-10/h3-4,6-7,11-12,15H,2,5,8-9,13H2,1H3. The van der Waals surface area contributed by atoms with Gasteiger partial charge in [-0.15, -0.1) is 0 Å². The van der Waals surface area contributed by atoms with E-state index in [-0.39, 0.29) is 5.92 Å². The molecule has 0 aliphatic carbocycles. The zero-order chi connectivity index (χ0) is 11.8. The Labute approximate surface area is 96.5 Å². The van der Waals surface area contributed by atoms with E-state index >= 15 is 0 Å². The maximum atomic E-state index is 10.0. The van der Waals surface area contributed by atoms with Gasteiger partial charge in [0.05, 0.1) is 6.10 Å². The highest BCUT2D eigenvalue weighted by molar-refractivity contribution is 5.17. The minimum atomic E-state index is -0.459. The highest BCUT2D eigenvalue weighted by Gasteiger charge is 2.19. The van der Waals surface area contributed by atoms with Gasteiger partial charge >= 0.3 is 0 Å². The summed E-state index contributed by atoms with van der Waals surface area (Å²) in [5.74, 6) is -0.0385. The Morgan fingerprint density at radius 1 is 1.44 bits per heavy atom. The van der Waals surface area contributed by atoms with E-state index in [1.165, 1.54) is 0 Å². The Hall–Kier alpha value is -0.970. The predicted octanol–water partition coefficient (Wildman–Crippen LogP) is 0.911. The van der Waals surface area contributed by atoms with E-state index in [1.54, 1.807) is 12.4 Å². The van der Waals surface area contributed by atoms with E-state index in [9.17, 15) is 5.11 Å². The lowest BCUT2D eigenvalue weighted by Crippen LogP contribution is -2.27. The van der Waals surface area contributed by atoms with Gasteiger partial charge in [-0.3, -0.25) is 4.98 Å². The summed E-state index contributed by atoms with van der Waals surface area (Å²) >= 11 is 0. The monoisotopic (exact) mass is 224 g/mol. The van der Waals surface area contributed by atoms with Crippen LogP contribution in [-0.2, 0) is 4.74 Å². The molecule has 0 fully saturated rings. The van der Waals surface area contributed by atoms with Crippen molar-refractivity contribution in [1.29, 1.82) is 0 Å². The van der Waals surface area contributed by atoms with Gasteiger partial charge in [0.25, 0.3) is 0 Å². The fraction of sp³-hybridized carbons (Fsp3) is 0.583. The van der Waals surface area contributed by atoms with Crippen LogP contribution in [0.4, 0.5) is 0 Å². The van der Waals surface area contributed by atoms with Gasteiger partial charge in [-0.05, 0) is 31.0 Å². The van der Waals surface area contributed by atoms with Gasteiger partial charge in [0.2, 0.25) is 0 Å². The van der Waals surface area contributed by atoms with Crippen molar-refractivity contribution in [3.8, 4) is 0 Å². The van der Waals surface area contributed by atoms with Crippen LogP contribution >= 0.6 is 0 Å². The van der Waals surface area contributed by atoms with Crippen LogP contribution in [0.15, 0.2) is 24.5 Å². The smallest absolute Gasteiger partial charge is 0.0642 e. The minimum Gasteiger partial charge on any atom is -0.392 e. The van der Waals surface area contributed by atoms with Crippen molar-refractivity contribution in [2.24, 2.45) is 5.73 Å². The molecule has 3 N–H and O–H groups in total. The molecule has 1 heterocycles. The second-order valence-electron chi connectivity index (χ2n) is 3.68. The number of aliphatic hydroxyl groups is 1. The molecule has 2 unspecified atom stereocenters. The van der Waals surface area contributed by atoms with Crippen molar-refractivity contribution >= 4 is 0 Å². The molecular formula is C12H20N2O2. The summed E-state index contributed by atoms with van der Waals surface area (Å²) in [5, 5.41) is 10.0. The third kappa shape index (κ3) is 3.89. The van der Waals surface area contributed by atoms with Crippen LogP contribution in [0.2, 0.25) is 0 Å². The van der Waals surface area contributed by atoms with Crippen molar-refractivity contribution in [2.45, 2.75) is 25.4 Å². The van der Waals surface area contributed by atoms with E-state index in [0.717, 1.165) is 5.56 Å². The van der Waals surface area contributed by atoms with Gasteiger partial charge in [0, 0.05) is 38.1 Å². The molecular weight excluding hydrogens is 204 g/mol. The number of hydrogen-bond donors (Lipinski definition) is 2. The summed E-state index contributed by atoms with van der Waals surface area (Å²) in [7, 11) is 0. The molecule has 0 amide bonds. The van der Waals surface area contributed by atoms with Crippen LogP contribution in [0.1, 0.15) is 24.8 Å². The SMILES string of the molecule is CCOCCC(O)C(CN)c1ccncc1. The number of aliphatic hydroxyl groups excluding tert-OH is 1. The van der Waals surface area contributed by atoms with Gasteiger partial charge in [0.1, 0.15) is 0 Å². The lowest BCUT2D eigenvalue weighted by molar-refractivity contribution is 0.0752. The van der Waals surface area contributed by atoms with Gasteiger partial charge in [0.15, 0.2) is 0 Å². The van der Waals surface area contributed by atoms with E-state index in [1.807, 2.05) is 19.1 Å². The normalized spacial score (nSPS) is 14.7. The second-order valence-corrected chi connectivity index (χ2v) is 3.68. The first-order chi connectivity index (χ1) is 7.79. The lowest BCUT2D eigenvalue weighted by Gasteiger charge is -2.21. The number of rotatable bonds is 7. The molecule has 2 atom stereocenters. The fourth-order valence-corrected chi connectivity index (χ4v) is 1.68. The average Bonchev–Trinajstić information content (AvgIpc) is 2.32. The van der Waals surface area contributed by atoms with Crippen molar-refractivity contribution in [2.75, 3.05) is 19.8 Å². The summed E-state index contributed by atoms with van der Waals surface area (Å²) < 4.78 is 5.22. The van der Waals surface area contributed by atoms with E-state index in [4.69, 9.17) is 10.5 Å². The molecule has 90 valence electrons. The molecule has 0 radical (unpaired) electrons. The van der Waals surface area contributed by atoms with Gasteiger partial charge in [-0.2, -0.15) is 0 Å². The third-order valence-corrected chi connectivity index (χ3v) is 2.61. The molecule has 0 bridgehead atoms. The Kier molecular flexibility index (Phi) is 6.00. The summed E-state index contributed by atoms with van der Waals surface area (Å²) in [6.45, 7) is 3.61. The second kappa shape index (κ2) is 7.33. The third-order valence-electron chi connectivity index (χ3n) is 2.61. The van der Waals surface area contributed by atoms with Gasteiger partial charge in [-0.25, -0.2) is 0 Å². The number of ether oxygens (including phenoxy) is 1. The average molecular weight is 224 g/mol. The molecule has 0 aliphatic heterocycles. The zero-order valence-electron chi connectivity index (χ0n) is 9.67. The van der Waals surface area contributed by atoms with Crippen molar-refractivity contribution < 1.29 is 9.84 Å². The van der Waals surface area contributed by atoms with Crippen LogP contribution in [-0.4, -0.2) is 36.0 Å². The van der Waals surface area contributed by atoms with E-state index in [2.05, 4.69) is 4.98 Å². The Balaban J connectivity index is 2.53. The lowest BCUT2D eigenvalue weighted by atomic mass is 9.92. The molecule has 1 rings (SSSR count). The van der Waals surface area contributed by atoms with Crippen LogP contribution in [0.5, 0.6) is 0 Å². The molecule has 4 heteroatoms. The molecule has 0 aromatic carbocycles. The molecule has 0 saturated heterocycles. The molecule has 16 heavy (non-hydrogen) atoms. The number of aromatic nitrogens is 1. The van der Waals surface area contributed by atoms with Crippen LogP contribution in [0, 0.1) is 0 Å². The molecule has 0 spiro atoms. The molecule has 0 aliphatic rings. The minimum absolute atomic E-state index is 0.0385. The summed E-state index contributed by atoms with van der Waals surface area (Å²) in [5.41, 5.74) is 6.72.